The van der Waals surface area contributed by atoms with Gasteiger partial charge in [-0.2, -0.15) is 0 Å². The van der Waals surface area contributed by atoms with Crippen LogP contribution in [0.2, 0.25) is 0 Å². The summed E-state index contributed by atoms with van der Waals surface area (Å²) >= 11 is 3.34. The minimum absolute atomic E-state index is 0.00398. The van der Waals surface area contributed by atoms with Crippen LogP contribution in [0, 0.1) is 4.78 Å². The van der Waals surface area contributed by atoms with Crippen LogP contribution in [-0.2, 0) is 9.73 Å². The van der Waals surface area contributed by atoms with E-state index < -0.39 is 9.73 Å². The van der Waals surface area contributed by atoms with Crippen molar-refractivity contribution in [1.29, 1.82) is 4.78 Å². The van der Waals surface area contributed by atoms with Crippen LogP contribution < -0.4 is 4.74 Å². The molecule has 88 valence electrons. The number of halogens is 1. The fourth-order valence-corrected chi connectivity index (χ4v) is 4.39. The van der Waals surface area contributed by atoms with E-state index in [9.17, 15) is 4.21 Å². The lowest BCUT2D eigenvalue weighted by molar-refractivity contribution is 0.402. The summed E-state index contributed by atoms with van der Waals surface area (Å²) in [6.45, 7) is 0. The van der Waals surface area contributed by atoms with E-state index in [1.54, 1.807) is 19.2 Å². The predicted molar refractivity (Wildman–Crippen MR) is 67.5 cm³/mol. The molecule has 5 heteroatoms. The second-order valence-corrected chi connectivity index (χ2v) is 7.17. The molecular weight excluding hydrogens is 290 g/mol. The SMILES string of the molecule is COc1ccc(Br)cc1S(=N)(=O)C1CCC1. The Bertz CT molecular complexity index is 495. The molecule has 1 aliphatic carbocycles. The quantitative estimate of drug-likeness (QED) is 0.930. The van der Waals surface area contributed by atoms with Crippen molar-refractivity contribution in [2.24, 2.45) is 0 Å². The molecule has 1 aromatic carbocycles. The van der Waals surface area contributed by atoms with Crippen molar-refractivity contribution < 1.29 is 8.95 Å². The Labute approximate surface area is 104 Å². The molecule has 0 radical (unpaired) electrons. The van der Waals surface area contributed by atoms with Crippen LogP contribution in [0.15, 0.2) is 27.6 Å². The standard InChI is InChI=1S/C11H14BrNO2S/c1-15-10-6-5-8(12)7-11(10)16(13,14)9-3-2-4-9/h5-7,9,13H,2-4H2,1H3. The lowest BCUT2D eigenvalue weighted by Crippen LogP contribution is -2.27. The fraction of sp³-hybridized carbons (Fsp3) is 0.455. The van der Waals surface area contributed by atoms with E-state index in [2.05, 4.69) is 15.9 Å². The molecule has 0 saturated heterocycles. The first-order chi connectivity index (χ1) is 7.55. The van der Waals surface area contributed by atoms with Gasteiger partial charge < -0.3 is 4.74 Å². The second-order valence-electron chi connectivity index (χ2n) is 3.95. The summed E-state index contributed by atoms with van der Waals surface area (Å²) in [7, 11) is -1.18. The van der Waals surface area contributed by atoms with Crippen molar-refractivity contribution in [2.45, 2.75) is 29.4 Å². The first kappa shape index (κ1) is 11.9. The first-order valence-electron chi connectivity index (χ1n) is 5.17. The maximum absolute atomic E-state index is 12.5. The maximum atomic E-state index is 12.5. The summed E-state index contributed by atoms with van der Waals surface area (Å²) in [6.07, 6.45) is 2.85. The molecule has 0 spiro atoms. The Morgan fingerprint density at radius 3 is 2.69 bits per heavy atom. The Morgan fingerprint density at radius 1 is 1.50 bits per heavy atom. The molecule has 1 fully saturated rings. The second kappa shape index (κ2) is 4.37. The van der Waals surface area contributed by atoms with Gasteiger partial charge in [-0.1, -0.05) is 22.4 Å². The van der Waals surface area contributed by atoms with E-state index in [0.29, 0.717) is 10.6 Å². The number of hydrogen-bond donors (Lipinski definition) is 1. The van der Waals surface area contributed by atoms with Gasteiger partial charge in [-0.05, 0) is 31.0 Å². The zero-order chi connectivity index (χ0) is 11.8. The van der Waals surface area contributed by atoms with E-state index in [0.717, 1.165) is 23.7 Å². The third-order valence-electron chi connectivity index (χ3n) is 2.97. The van der Waals surface area contributed by atoms with E-state index in [1.807, 2.05) is 6.07 Å². The van der Waals surface area contributed by atoms with Gasteiger partial charge in [-0.25, -0.2) is 8.99 Å². The minimum atomic E-state index is -2.72. The zero-order valence-corrected chi connectivity index (χ0v) is 11.4. The molecule has 1 saturated carbocycles. The van der Waals surface area contributed by atoms with Crippen molar-refractivity contribution in [3.63, 3.8) is 0 Å². The normalized spacial score (nSPS) is 19.9. The van der Waals surface area contributed by atoms with Crippen molar-refractivity contribution in [3.05, 3.63) is 22.7 Å². The minimum Gasteiger partial charge on any atom is -0.495 e. The lowest BCUT2D eigenvalue weighted by atomic mass is 10.00. The number of nitrogens with one attached hydrogen (secondary N) is 1. The third kappa shape index (κ3) is 1.98. The monoisotopic (exact) mass is 303 g/mol. The van der Waals surface area contributed by atoms with Crippen LogP contribution in [0.5, 0.6) is 5.75 Å². The van der Waals surface area contributed by atoms with Crippen LogP contribution >= 0.6 is 15.9 Å². The third-order valence-corrected chi connectivity index (χ3v) is 5.85. The van der Waals surface area contributed by atoms with Gasteiger partial charge in [0.2, 0.25) is 0 Å². The van der Waals surface area contributed by atoms with Gasteiger partial charge in [-0.15, -0.1) is 0 Å². The molecule has 1 N–H and O–H groups in total. The highest BCUT2D eigenvalue weighted by Gasteiger charge is 2.31. The molecule has 0 heterocycles. The predicted octanol–water partition coefficient (Wildman–Crippen LogP) is 3.42. The molecule has 1 unspecified atom stereocenters. The number of benzene rings is 1. The Balaban J connectivity index is 2.49. The van der Waals surface area contributed by atoms with Crippen LogP contribution in [-0.4, -0.2) is 16.6 Å². The number of rotatable bonds is 3. The highest BCUT2D eigenvalue weighted by atomic mass is 79.9. The van der Waals surface area contributed by atoms with Crippen molar-refractivity contribution in [2.75, 3.05) is 7.11 Å². The first-order valence-corrected chi connectivity index (χ1v) is 7.58. The average Bonchev–Trinajstić information content (AvgIpc) is 2.14. The van der Waals surface area contributed by atoms with E-state index in [1.165, 1.54) is 0 Å². The topological polar surface area (TPSA) is 50.1 Å². The molecule has 1 aromatic rings. The van der Waals surface area contributed by atoms with Gasteiger partial charge in [0, 0.05) is 9.72 Å². The average molecular weight is 304 g/mol. The van der Waals surface area contributed by atoms with E-state index in [-0.39, 0.29) is 5.25 Å². The summed E-state index contributed by atoms with van der Waals surface area (Å²) in [5.74, 6) is 0.551. The molecule has 0 aliphatic heterocycles. The van der Waals surface area contributed by atoms with Crippen LogP contribution in [0.25, 0.3) is 0 Å². The molecule has 0 aromatic heterocycles. The van der Waals surface area contributed by atoms with E-state index >= 15 is 0 Å². The van der Waals surface area contributed by atoms with Gasteiger partial charge in [0.05, 0.1) is 21.7 Å². The molecule has 2 rings (SSSR count). The molecule has 1 atom stereocenters. The zero-order valence-electron chi connectivity index (χ0n) is 9.03. The molecule has 16 heavy (non-hydrogen) atoms. The Hall–Kier alpha value is -0.550. The molecule has 0 bridgehead atoms. The Kier molecular flexibility index (Phi) is 3.26. The van der Waals surface area contributed by atoms with Crippen molar-refractivity contribution >= 4 is 25.7 Å². The van der Waals surface area contributed by atoms with Gasteiger partial charge in [0.1, 0.15) is 5.75 Å². The van der Waals surface area contributed by atoms with Gasteiger partial charge in [0.25, 0.3) is 0 Å². The fourth-order valence-electron chi connectivity index (χ4n) is 1.77. The van der Waals surface area contributed by atoms with Gasteiger partial charge in [-0.3, -0.25) is 0 Å². The summed E-state index contributed by atoms with van der Waals surface area (Å²) in [6, 6.07) is 5.33. The van der Waals surface area contributed by atoms with Crippen LogP contribution in [0.1, 0.15) is 19.3 Å². The molecular formula is C11H14BrNO2S. The lowest BCUT2D eigenvalue weighted by Gasteiger charge is -2.28. The van der Waals surface area contributed by atoms with E-state index in [4.69, 9.17) is 9.52 Å². The van der Waals surface area contributed by atoms with Crippen LogP contribution in [0.3, 0.4) is 0 Å². The molecule has 0 amide bonds. The Morgan fingerprint density at radius 2 is 2.19 bits per heavy atom. The van der Waals surface area contributed by atoms with Crippen molar-refractivity contribution in [3.8, 4) is 5.75 Å². The number of methoxy groups -OCH3 is 1. The smallest absolute Gasteiger partial charge is 0.135 e. The largest absolute Gasteiger partial charge is 0.495 e. The number of ether oxygens (including phenoxy) is 1. The maximum Gasteiger partial charge on any atom is 0.135 e. The van der Waals surface area contributed by atoms with Gasteiger partial charge in [0.15, 0.2) is 0 Å². The highest BCUT2D eigenvalue weighted by Crippen LogP contribution is 2.36. The summed E-state index contributed by atoms with van der Waals surface area (Å²) in [5.41, 5.74) is 0. The number of hydrogen-bond acceptors (Lipinski definition) is 3. The van der Waals surface area contributed by atoms with Crippen LogP contribution in [0.4, 0.5) is 0 Å². The summed E-state index contributed by atoms with van der Waals surface area (Å²) < 4.78 is 26.6. The molecule has 3 nitrogen and oxygen atoms in total. The molecule has 1 aliphatic rings. The van der Waals surface area contributed by atoms with Crippen molar-refractivity contribution in [1.82, 2.24) is 0 Å². The highest BCUT2D eigenvalue weighted by molar-refractivity contribution is 9.10. The summed E-state index contributed by atoms with van der Waals surface area (Å²) in [5, 5.41) is -0.00398. The summed E-state index contributed by atoms with van der Waals surface area (Å²) in [4.78, 5) is 0.522. The van der Waals surface area contributed by atoms with Gasteiger partial charge >= 0.3 is 0 Å².